The summed E-state index contributed by atoms with van der Waals surface area (Å²) < 4.78 is 1.78. The Balaban J connectivity index is 2.46. The Hall–Kier alpha value is -1.88. The number of carbonyl (C=O) groups excluding carboxylic acids is 1. The highest BCUT2D eigenvalue weighted by Crippen LogP contribution is 2.14. The lowest BCUT2D eigenvalue weighted by Gasteiger charge is -2.23. The molecule has 1 amide bonds. The molecule has 0 saturated heterocycles. The smallest absolute Gasteiger partial charge is 0.270 e. The Kier molecular flexibility index (Phi) is 3.57. The summed E-state index contributed by atoms with van der Waals surface area (Å²) in [4.78, 5) is 16.8. The Morgan fingerprint density at radius 3 is 2.84 bits per heavy atom. The Labute approximate surface area is 112 Å². The first-order chi connectivity index (χ1) is 8.98. The molecule has 5 nitrogen and oxygen atoms in total. The molecule has 0 saturated carbocycles. The third-order valence-corrected chi connectivity index (χ3v) is 3.00. The number of aromatic nitrogens is 2. The predicted octanol–water partition coefficient (Wildman–Crippen LogP) is 1.40. The maximum atomic E-state index is 12.4. The van der Waals surface area contributed by atoms with Gasteiger partial charge in [-0.05, 0) is 32.4 Å². The van der Waals surface area contributed by atoms with Gasteiger partial charge in [0.1, 0.15) is 11.3 Å². The van der Waals surface area contributed by atoms with E-state index in [1.165, 1.54) is 0 Å². The highest BCUT2D eigenvalue weighted by atomic mass is 16.3. The van der Waals surface area contributed by atoms with Crippen LogP contribution in [-0.4, -0.2) is 32.5 Å². The van der Waals surface area contributed by atoms with Crippen LogP contribution in [0.1, 0.15) is 37.0 Å². The second-order valence-electron chi connectivity index (χ2n) is 5.19. The first-order valence-corrected chi connectivity index (χ1v) is 6.38. The molecule has 102 valence electrons. The molecule has 0 aliphatic rings. The van der Waals surface area contributed by atoms with E-state index < -0.39 is 5.54 Å². The van der Waals surface area contributed by atoms with Crippen LogP contribution in [0.2, 0.25) is 0 Å². The number of hydrogen-bond acceptors (Lipinski definition) is 3. The molecular weight excluding hydrogens is 242 g/mol. The lowest BCUT2D eigenvalue weighted by molar-refractivity contribution is 0.0862. The van der Waals surface area contributed by atoms with Crippen LogP contribution in [0.5, 0.6) is 0 Å². The number of pyridine rings is 1. The van der Waals surface area contributed by atoms with Gasteiger partial charge in [-0.25, -0.2) is 4.98 Å². The fourth-order valence-corrected chi connectivity index (χ4v) is 1.94. The van der Waals surface area contributed by atoms with Crippen LogP contribution < -0.4 is 5.32 Å². The van der Waals surface area contributed by atoms with Gasteiger partial charge in [0.25, 0.3) is 5.91 Å². The topological polar surface area (TPSA) is 66.6 Å². The van der Waals surface area contributed by atoms with Gasteiger partial charge in [-0.1, -0.05) is 13.0 Å². The van der Waals surface area contributed by atoms with Crippen molar-refractivity contribution in [1.82, 2.24) is 14.7 Å². The lowest BCUT2D eigenvalue weighted by atomic mass is 10.1. The predicted molar refractivity (Wildman–Crippen MR) is 73.2 cm³/mol. The number of hydrogen-bond donors (Lipinski definition) is 2. The normalized spacial score (nSPS) is 11.8. The minimum atomic E-state index is -0.652. The van der Waals surface area contributed by atoms with Crippen LogP contribution in [-0.2, 0) is 6.42 Å². The van der Waals surface area contributed by atoms with Crippen LogP contribution in [0.25, 0.3) is 5.65 Å². The molecule has 0 bridgehead atoms. The molecule has 0 aliphatic heterocycles. The molecule has 0 spiro atoms. The quantitative estimate of drug-likeness (QED) is 0.874. The third-order valence-electron chi connectivity index (χ3n) is 3.00. The number of aliphatic hydroxyl groups is 1. The zero-order valence-electron chi connectivity index (χ0n) is 11.5. The SMILES string of the molecule is CCc1nc2ccccn2c1C(=O)NC(C)(C)CO. The number of imidazole rings is 1. The molecule has 2 heterocycles. The van der Waals surface area contributed by atoms with E-state index in [1.54, 1.807) is 18.2 Å². The van der Waals surface area contributed by atoms with Gasteiger partial charge in [0.15, 0.2) is 0 Å². The maximum Gasteiger partial charge on any atom is 0.270 e. The van der Waals surface area contributed by atoms with E-state index in [0.29, 0.717) is 12.1 Å². The van der Waals surface area contributed by atoms with Crippen molar-refractivity contribution in [3.8, 4) is 0 Å². The van der Waals surface area contributed by atoms with Crippen molar-refractivity contribution < 1.29 is 9.90 Å². The van der Waals surface area contributed by atoms with E-state index >= 15 is 0 Å². The Bertz CT molecular complexity index is 602. The molecule has 0 aliphatic carbocycles. The lowest BCUT2D eigenvalue weighted by Crippen LogP contribution is -2.46. The molecule has 2 N–H and O–H groups in total. The van der Waals surface area contributed by atoms with Gasteiger partial charge >= 0.3 is 0 Å². The van der Waals surface area contributed by atoms with E-state index in [2.05, 4.69) is 10.3 Å². The van der Waals surface area contributed by atoms with E-state index in [0.717, 1.165) is 11.3 Å². The van der Waals surface area contributed by atoms with Gasteiger partial charge in [-0.2, -0.15) is 0 Å². The standard InChI is InChI=1S/C14H19N3O2/c1-4-10-12(13(19)16-14(2,3)9-18)17-8-6-5-7-11(17)15-10/h5-8,18H,4,9H2,1-3H3,(H,16,19). The summed E-state index contributed by atoms with van der Waals surface area (Å²) in [6.07, 6.45) is 2.51. The summed E-state index contributed by atoms with van der Waals surface area (Å²) in [7, 11) is 0. The maximum absolute atomic E-state index is 12.4. The molecule has 0 radical (unpaired) electrons. The molecular formula is C14H19N3O2. The summed E-state index contributed by atoms with van der Waals surface area (Å²) in [5.41, 5.74) is 1.41. The third kappa shape index (κ3) is 2.61. The average molecular weight is 261 g/mol. The van der Waals surface area contributed by atoms with Crippen LogP contribution in [0, 0.1) is 0 Å². The van der Waals surface area contributed by atoms with Gasteiger partial charge in [0, 0.05) is 6.20 Å². The van der Waals surface area contributed by atoms with Crippen LogP contribution in [0.4, 0.5) is 0 Å². The Morgan fingerprint density at radius 2 is 2.21 bits per heavy atom. The summed E-state index contributed by atoms with van der Waals surface area (Å²) in [6.45, 7) is 5.41. The van der Waals surface area contributed by atoms with Crippen LogP contribution in [0.15, 0.2) is 24.4 Å². The molecule has 19 heavy (non-hydrogen) atoms. The van der Waals surface area contributed by atoms with Crippen LogP contribution in [0.3, 0.4) is 0 Å². The van der Waals surface area contributed by atoms with Crippen LogP contribution >= 0.6 is 0 Å². The number of amides is 1. The van der Waals surface area contributed by atoms with E-state index in [9.17, 15) is 9.90 Å². The number of fused-ring (bicyclic) bond motifs is 1. The van der Waals surface area contributed by atoms with E-state index in [-0.39, 0.29) is 12.5 Å². The van der Waals surface area contributed by atoms with E-state index in [4.69, 9.17) is 0 Å². The molecule has 0 atom stereocenters. The number of nitrogens with zero attached hydrogens (tertiary/aromatic N) is 2. The van der Waals surface area contributed by atoms with Crippen molar-refractivity contribution in [2.45, 2.75) is 32.7 Å². The summed E-state index contributed by atoms with van der Waals surface area (Å²) in [6, 6.07) is 5.62. The van der Waals surface area contributed by atoms with Gasteiger partial charge in [-0.15, -0.1) is 0 Å². The van der Waals surface area contributed by atoms with Crippen molar-refractivity contribution >= 4 is 11.6 Å². The highest BCUT2D eigenvalue weighted by molar-refractivity contribution is 5.95. The van der Waals surface area contributed by atoms with Gasteiger partial charge < -0.3 is 10.4 Å². The molecule has 2 rings (SSSR count). The molecule has 5 heteroatoms. The zero-order chi connectivity index (χ0) is 14.0. The second kappa shape index (κ2) is 5.01. The van der Waals surface area contributed by atoms with Gasteiger partial charge in [0.2, 0.25) is 0 Å². The summed E-state index contributed by atoms with van der Waals surface area (Å²) in [5.74, 6) is -0.213. The van der Waals surface area contributed by atoms with Gasteiger partial charge in [0.05, 0.1) is 17.8 Å². The number of carbonyl (C=O) groups is 1. The number of aliphatic hydroxyl groups excluding tert-OH is 1. The highest BCUT2D eigenvalue weighted by Gasteiger charge is 2.24. The first-order valence-electron chi connectivity index (χ1n) is 6.38. The molecule has 2 aromatic rings. The average Bonchev–Trinajstić information content (AvgIpc) is 2.76. The molecule has 0 fully saturated rings. The van der Waals surface area contributed by atoms with Crippen molar-refractivity contribution in [3.63, 3.8) is 0 Å². The fourth-order valence-electron chi connectivity index (χ4n) is 1.94. The van der Waals surface area contributed by atoms with E-state index in [1.807, 2.05) is 31.3 Å². The minimum Gasteiger partial charge on any atom is -0.394 e. The second-order valence-corrected chi connectivity index (χ2v) is 5.19. The monoisotopic (exact) mass is 261 g/mol. The van der Waals surface area contributed by atoms with Crippen molar-refractivity contribution in [3.05, 3.63) is 35.8 Å². The molecule has 0 unspecified atom stereocenters. The largest absolute Gasteiger partial charge is 0.394 e. The van der Waals surface area contributed by atoms with Crippen molar-refractivity contribution in [2.75, 3.05) is 6.61 Å². The first kappa shape index (κ1) is 13.5. The summed E-state index contributed by atoms with van der Waals surface area (Å²) >= 11 is 0. The zero-order valence-corrected chi connectivity index (χ0v) is 11.5. The fraction of sp³-hybridized carbons (Fsp3) is 0.429. The van der Waals surface area contributed by atoms with Gasteiger partial charge in [-0.3, -0.25) is 9.20 Å². The minimum absolute atomic E-state index is 0.114. The Morgan fingerprint density at radius 1 is 1.47 bits per heavy atom. The summed E-state index contributed by atoms with van der Waals surface area (Å²) in [5, 5.41) is 12.1. The number of rotatable bonds is 4. The number of aryl methyl sites for hydroxylation is 1. The molecule has 2 aromatic heterocycles. The molecule has 0 aromatic carbocycles. The van der Waals surface area contributed by atoms with Crippen molar-refractivity contribution in [1.29, 1.82) is 0 Å². The van der Waals surface area contributed by atoms with Crippen molar-refractivity contribution in [2.24, 2.45) is 0 Å². The number of nitrogens with one attached hydrogen (secondary N) is 1.